The van der Waals surface area contributed by atoms with E-state index in [0.717, 1.165) is 18.7 Å². The van der Waals surface area contributed by atoms with Crippen LogP contribution in [0.2, 0.25) is 0 Å². The summed E-state index contributed by atoms with van der Waals surface area (Å²) < 4.78 is 12.8. The first kappa shape index (κ1) is 11.9. The van der Waals surface area contributed by atoms with E-state index in [0.29, 0.717) is 6.42 Å². The Kier molecular flexibility index (Phi) is 3.02. The number of piperidine rings is 1. The van der Waals surface area contributed by atoms with E-state index >= 15 is 0 Å². The molecule has 1 aliphatic rings. The predicted octanol–water partition coefficient (Wildman–Crippen LogP) is 1.21. The highest BCUT2D eigenvalue weighted by atomic mass is 19.1. The zero-order chi connectivity index (χ0) is 12.5. The van der Waals surface area contributed by atoms with Crippen molar-refractivity contribution >= 4 is 11.7 Å². The van der Waals surface area contributed by atoms with Gasteiger partial charge in [-0.05, 0) is 37.1 Å². The maximum Gasteiger partial charge on any atom is 0.325 e. The number of carboxylic acid groups (broad SMARTS) is 1. The molecule has 0 aliphatic carbocycles. The van der Waals surface area contributed by atoms with Gasteiger partial charge in [0.1, 0.15) is 11.4 Å². The van der Waals surface area contributed by atoms with E-state index in [9.17, 15) is 9.18 Å². The van der Waals surface area contributed by atoms with Gasteiger partial charge in [0, 0.05) is 18.8 Å². The number of carboxylic acids is 1. The molecule has 5 heteroatoms. The number of anilines is 1. The molecule has 1 saturated heterocycles. The van der Waals surface area contributed by atoms with Gasteiger partial charge in [0.25, 0.3) is 0 Å². The molecule has 1 atom stereocenters. The van der Waals surface area contributed by atoms with Gasteiger partial charge in [0.05, 0.1) is 0 Å². The first-order valence-electron chi connectivity index (χ1n) is 5.54. The molecular formula is C12H15FN2O2. The number of hydrogen-bond donors (Lipinski definition) is 2. The van der Waals surface area contributed by atoms with Crippen molar-refractivity contribution in [3.63, 3.8) is 0 Å². The standard InChI is InChI=1S/C12H15FN2O2/c13-9-2-4-10(5-3-9)15-7-1-6-12(14,8-15)11(16)17/h2-5H,1,6-8,14H2,(H,16,17). The van der Waals surface area contributed by atoms with Crippen LogP contribution >= 0.6 is 0 Å². The lowest BCUT2D eigenvalue weighted by molar-refractivity contribution is -0.143. The van der Waals surface area contributed by atoms with Gasteiger partial charge < -0.3 is 15.7 Å². The minimum atomic E-state index is -1.20. The smallest absolute Gasteiger partial charge is 0.325 e. The van der Waals surface area contributed by atoms with Crippen LogP contribution in [-0.2, 0) is 4.79 Å². The average Bonchev–Trinajstić information content (AvgIpc) is 2.30. The highest BCUT2D eigenvalue weighted by Crippen LogP contribution is 2.24. The fourth-order valence-corrected chi connectivity index (χ4v) is 2.13. The van der Waals surface area contributed by atoms with Crippen LogP contribution in [0.3, 0.4) is 0 Å². The molecule has 0 aromatic heterocycles. The molecule has 0 radical (unpaired) electrons. The minimum Gasteiger partial charge on any atom is -0.480 e. The highest BCUT2D eigenvalue weighted by molar-refractivity contribution is 5.80. The Bertz CT molecular complexity index is 421. The molecule has 4 nitrogen and oxygen atoms in total. The fourth-order valence-electron chi connectivity index (χ4n) is 2.13. The van der Waals surface area contributed by atoms with Crippen molar-refractivity contribution in [2.75, 3.05) is 18.0 Å². The summed E-state index contributed by atoms with van der Waals surface area (Å²) in [5.74, 6) is -1.28. The molecule has 17 heavy (non-hydrogen) atoms. The second-order valence-electron chi connectivity index (χ2n) is 4.46. The van der Waals surface area contributed by atoms with Crippen LogP contribution in [0.25, 0.3) is 0 Å². The highest BCUT2D eigenvalue weighted by Gasteiger charge is 2.38. The van der Waals surface area contributed by atoms with Crippen molar-refractivity contribution in [1.29, 1.82) is 0 Å². The van der Waals surface area contributed by atoms with Crippen LogP contribution in [0, 0.1) is 5.82 Å². The van der Waals surface area contributed by atoms with Crippen molar-refractivity contribution in [3.8, 4) is 0 Å². The summed E-state index contributed by atoms with van der Waals surface area (Å²) in [5.41, 5.74) is 5.45. The quantitative estimate of drug-likeness (QED) is 0.812. The van der Waals surface area contributed by atoms with Gasteiger partial charge in [-0.3, -0.25) is 4.79 Å². The average molecular weight is 238 g/mol. The van der Waals surface area contributed by atoms with Gasteiger partial charge in [-0.15, -0.1) is 0 Å². The number of rotatable bonds is 2. The molecule has 0 spiro atoms. The molecular weight excluding hydrogens is 223 g/mol. The lowest BCUT2D eigenvalue weighted by Crippen LogP contribution is -2.59. The summed E-state index contributed by atoms with van der Waals surface area (Å²) in [7, 11) is 0. The number of nitrogens with two attached hydrogens (primary N) is 1. The normalized spacial score (nSPS) is 24.7. The second-order valence-corrected chi connectivity index (χ2v) is 4.46. The van der Waals surface area contributed by atoms with Gasteiger partial charge in [0.15, 0.2) is 0 Å². The SMILES string of the molecule is NC1(C(=O)O)CCCN(c2ccc(F)cc2)C1. The number of aliphatic carboxylic acids is 1. The van der Waals surface area contributed by atoms with E-state index in [-0.39, 0.29) is 12.4 Å². The zero-order valence-corrected chi connectivity index (χ0v) is 9.40. The zero-order valence-electron chi connectivity index (χ0n) is 9.40. The first-order valence-corrected chi connectivity index (χ1v) is 5.54. The third kappa shape index (κ3) is 2.39. The lowest BCUT2D eigenvalue weighted by atomic mass is 9.90. The minimum absolute atomic E-state index is 0.258. The summed E-state index contributed by atoms with van der Waals surface area (Å²) in [6.07, 6.45) is 1.19. The molecule has 0 saturated carbocycles. The molecule has 92 valence electrons. The molecule has 1 unspecified atom stereocenters. The molecule has 2 rings (SSSR count). The van der Waals surface area contributed by atoms with Crippen LogP contribution in [0.4, 0.5) is 10.1 Å². The monoisotopic (exact) mass is 238 g/mol. The van der Waals surface area contributed by atoms with Crippen LogP contribution < -0.4 is 10.6 Å². The Morgan fingerprint density at radius 3 is 2.65 bits per heavy atom. The summed E-state index contributed by atoms with van der Waals surface area (Å²) in [5, 5.41) is 9.09. The van der Waals surface area contributed by atoms with Crippen molar-refractivity contribution < 1.29 is 14.3 Å². The Morgan fingerprint density at radius 1 is 1.41 bits per heavy atom. The second kappa shape index (κ2) is 4.33. The van der Waals surface area contributed by atoms with E-state index < -0.39 is 11.5 Å². The van der Waals surface area contributed by atoms with E-state index in [4.69, 9.17) is 10.8 Å². The molecule has 1 heterocycles. The summed E-state index contributed by atoms with van der Waals surface area (Å²) >= 11 is 0. The number of benzene rings is 1. The Balaban J connectivity index is 2.17. The molecule has 3 N–H and O–H groups in total. The maximum atomic E-state index is 12.8. The van der Waals surface area contributed by atoms with Gasteiger partial charge in [-0.1, -0.05) is 0 Å². The number of nitrogens with zero attached hydrogens (tertiary/aromatic N) is 1. The predicted molar refractivity (Wildman–Crippen MR) is 62.4 cm³/mol. The topological polar surface area (TPSA) is 66.6 Å². The third-order valence-corrected chi connectivity index (χ3v) is 3.14. The van der Waals surface area contributed by atoms with E-state index in [2.05, 4.69) is 0 Å². The third-order valence-electron chi connectivity index (χ3n) is 3.14. The van der Waals surface area contributed by atoms with Crippen LogP contribution in [-0.4, -0.2) is 29.7 Å². The van der Waals surface area contributed by atoms with E-state index in [1.807, 2.05) is 4.90 Å². The molecule has 1 fully saturated rings. The summed E-state index contributed by atoms with van der Waals surface area (Å²) in [4.78, 5) is 13.0. The van der Waals surface area contributed by atoms with Crippen molar-refractivity contribution in [1.82, 2.24) is 0 Å². The summed E-state index contributed by atoms with van der Waals surface area (Å²) in [6, 6.07) is 6.01. The molecule has 1 aromatic carbocycles. The van der Waals surface area contributed by atoms with Gasteiger partial charge in [-0.2, -0.15) is 0 Å². The van der Waals surface area contributed by atoms with Crippen LogP contribution in [0.15, 0.2) is 24.3 Å². The fraction of sp³-hybridized carbons (Fsp3) is 0.417. The molecule has 1 aromatic rings. The van der Waals surface area contributed by atoms with E-state index in [1.165, 1.54) is 12.1 Å². The van der Waals surface area contributed by atoms with Crippen LogP contribution in [0.1, 0.15) is 12.8 Å². The lowest BCUT2D eigenvalue weighted by Gasteiger charge is -2.38. The Labute approximate surface area is 98.8 Å². The Hall–Kier alpha value is -1.62. The van der Waals surface area contributed by atoms with Crippen molar-refractivity contribution in [3.05, 3.63) is 30.1 Å². The largest absolute Gasteiger partial charge is 0.480 e. The number of carbonyl (C=O) groups is 1. The van der Waals surface area contributed by atoms with Gasteiger partial charge in [-0.25, -0.2) is 4.39 Å². The molecule has 0 amide bonds. The Morgan fingerprint density at radius 2 is 2.06 bits per heavy atom. The number of halogens is 1. The maximum absolute atomic E-state index is 12.8. The van der Waals surface area contributed by atoms with Gasteiger partial charge in [0.2, 0.25) is 0 Å². The van der Waals surface area contributed by atoms with E-state index in [1.54, 1.807) is 12.1 Å². The van der Waals surface area contributed by atoms with Crippen molar-refractivity contribution in [2.24, 2.45) is 5.73 Å². The molecule has 1 aliphatic heterocycles. The molecule has 0 bridgehead atoms. The van der Waals surface area contributed by atoms with Gasteiger partial charge >= 0.3 is 5.97 Å². The van der Waals surface area contributed by atoms with Crippen molar-refractivity contribution in [2.45, 2.75) is 18.4 Å². The first-order chi connectivity index (χ1) is 8.01. The summed E-state index contributed by atoms with van der Waals surface area (Å²) in [6.45, 7) is 1.01. The van der Waals surface area contributed by atoms with Crippen LogP contribution in [0.5, 0.6) is 0 Å². The number of hydrogen-bond acceptors (Lipinski definition) is 3.